The number of aromatic amines is 1. The number of nitrogen functional groups attached to an aromatic ring is 2. The van der Waals surface area contributed by atoms with E-state index in [9.17, 15) is 0 Å². The molecule has 0 aliphatic heterocycles. The number of hydrogen-bond acceptors (Lipinski definition) is 2. The molecule has 0 fully saturated rings. The van der Waals surface area contributed by atoms with E-state index in [1.54, 1.807) is 0 Å². The van der Waals surface area contributed by atoms with Gasteiger partial charge in [-0.2, -0.15) is 0 Å². The highest BCUT2D eigenvalue weighted by Crippen LogP contribution is 2.38. The second-order valence-corrected chi connectivity index (χ2v) is 6.41. The van der Waals surface area contributed by atoms with Crippen LogP contribution < -0.4 is 11.5 Å². The van der Waals surface area contributed by atoms with Crippen LogP contribution >= 0.6 is 24.8 Å². The first-order valence-corrected chi connectivity index (χ1v) is 8.55. The summed E-state index contributed by atoms with van der Waals surface area (Å²) in [5.74, 6) is 0.0905. The van der Waals surface area contributed by atoms with Gasteiger partial charge >= 0.3 is 0 Å². The lowest BCUT2D eigenvalue weighted by Gasteiger charge is -2.07. The monoisotopic (exact) mass is 425 g/mol. The molecule has 7 N–H and O–H groups in total. The lowest BCUT2D eigenvalue weighted by Crippen LogP contribution is -2.10. The third-order valence-electron chi connectivity index (χ3n) is 4.66. The van der Waals surface area contributed by atoms with Crippen molar-refractivity contribution in [2.24, 2.45) is 11.5 Å². The summed E-state index contributed by atoms with van der Waals surface area (Å²) in [5, 5.41) is 16.3. The smallest absolute Gasteiger partial charge is 0.122 e. The number of benzene rings is 3. The van der Waals surface area contributed by atoms with Crippen molar-refractivity contribution in [3.8, 4) is 22.4 Å². The van der Waals surface area contributed by atoms with Gasteiger partial charge in [0, 0.05) is 27.6 Å². The van der Waals surface area contributed by atoms with Gasteiger partial charge in [0.2, 0.25) is 0 Å². The lowest BCUT2D eigenvalue weighted by molar-refractivity contribution is 1.40. The Balaban J connectivity index is 0.00000150. The van der Waals surface area contributed by atoms with Crippen LogP contribution in [0.2, 0.25) is 0 Å². The van der Waals surface area contributed by atoms with Gasteiger partial charge in [0.15, 0.2) is 0 Å². The number of nitrogens with two attached hydrogens (primary N) is 2. The molecule has 4 aromatic rings. The minimum atomic E-state index is 0. The largest absolute Gasteiger partial charge is 0.384 e. The van der Waals surface area contributed by atoms with Crippen LogP contribution in [-0.2, 0) is 0 Å². The van der Waals surface area contributed by atoms with E-state index in [1.165, 1.54) is 0 Å². The quantitative estimate of drug-likeness (QED) is 0.236. The molecule has 29 heavy (non-hydrogen) atoms. The molecule has 7 heteroatoms. The van der Waals surface area contributed by atoms with E-state index in [2.05, 4.69) is 17.1 Å². The molecule has 0 amide bonds. The van der Waals surface area contributed by atoms with E-state index in [-0.39, 0.29) is 36.5 Å². The second kappa shape index (κ2) is 8.82. The van der Waals surface area contributed by atoms with Gasteiger partial charge in [0.1, 0.15) is 11.7 Å². The van der Waals surface area contributed by atoms with Gasteiger partial charge in [-0.1, -0.05) is 66.7 Å². The van der Waals surface area contributed by atoms with Crippen molar-refractivity contribution in [3.63, 3.8) is 0 Å². The van der Waals surface area contributed by atoms with E-state index >= 15 is 0 Å². The van der Waals surface area contributed by atoms with E-state index in [1.807, 2.05) is 60.7 Å². The summed E-state index contributed by atoms with van der Waals surface area (Å²) < 4.78 is 0. The van der Waals surface area contributed by atoms with Gasteiger partial charge in [-0.15, -0.1) is 24.8 Å². The van der Waals surface area contributed by atoms with Crippen LogP contribution in [0.15, 0.2) is 72.8 Å². The normalized spacial score (nSPS) is 10.1. The first-order chi connectivity index (χ1) is 13.0. The molecular weight excluding hydrogens is 405 g/mol. The van der Waals surface area contributed by atoms with Crippen molar-refractivity contribution in [3.05, 3.63) is 83.9 Å². The standard InChI is InChI=1S/C22H19N5.2ClH/c23-21(24)15-8-6-14(7-9-15)20-19(13-4-2-1-3-5-13)17-11-10-16(22(25)26)12-18(17)27-20;;/h1-12,27H,(H3,23,24)(H3,25,26);2*1H. The van der Waals surface area contributed by atoms with E-state index in [0.29, 0.717) is 11.1 Å². The Morgan fingerprint density at radius 2 is 1.28 bits per heavy atom. The summed E-state index contributed by atoms with van der Waals surface area (Å²) in [6, 6.07) is 23.6. The van der Waals surface area contributed by atoms with Crippen LogP contribution in [0, 0.1) is 10.8 Å². The summed E-state index contributed by atoms with van der Waals surface area (Å²) in [7, 11) is 0. The first-order valence-electron chi connectivity index (χ1n) is 8.55. The number of H-pyrrole nitrogens is 1. The number of amidine groups is 2. The van der Waals surface area contributed by atoms with E-state index in [4.69, 9.17) is 22.3 Å². The number of aromatic nitrogens is 1. The average molecular weight is 426 g/mol. The molecule has 0 unspecified atom stereocenters. The molecular formula is C22H21Cl2N5. The first kappa shape index (κ1) is 22.0. The third kappa shape index (κ3) is 4.11. The fraction of sp³-hybridized carbons (Fsp3) is 0. The Hall–Kier alpha value is -3.28. The van der Waals surface area contributed by atoms with Crippen molar-refractivity contribution < 1.29 is 0 Å². The predicted molar refractivity (Wildman–Crippen MR) is 126 cm³/mol. The molecule has 0 saturated heterocycles. The highest BCUT2D eigenvalue weighted by Gasteiger charge is 2.16. The van der Waals surface area contributed by atoms with Crippen LogP contribution in [0.3, 0.4) is 0 Å². The van der Waals surface area contributed by atoms with Crippen LogP contribution in [-0.4, -0.2) is 16.7 Å². The van der Waals surface area contributed by atoms with Gasteiger partial charge < -0.3 is 16.5 Å². The molecule has 4 rings (SSSR count). The van der Waals surface area contributed by atoms with Crippen LogP contribution in [0.4, 0.5) is 0 Å². The second-order valence-electron chi connectivity index (χ2n) is 6.41. The minimum absolute atomic E-state index is 0. The topological polar surface area (TPSA) is 116 Å². The average Bonchev–Trinajstić information content (AvgIpc) is 3.07. The van der Waals surface area contributed by atoms with Gasteiger partial charge in [-0.05, 0) is 17.2 Å². The predicted octanol–water partition coefficient (Wildman–Crippen LogP) is 4.91. The summed E-state index contributed by atoms with van der Waals surface area (Å²) in [6.07, 6.45) is 0. The molecule has 0 aliphatic rings. The van der Waals surface area contributed by atoms with Crippen LogP contribution in [0.25, 0.3) is 33.3 Å². The van der Waals surface area contributed by atoms with Gasteiger partial charge in [0.05, 0.1) is 5.69 Å². The van der Waals surface area contributed by atoms with Crippen molar-refractivity contribution in [1.29, 1.82) is 10.8 Å². The number of nitrogens with one attached hydrogen (secondary N) is 3. The summed E-state index contributed by atoms with van der Waals surface area (Å²) in [5.41, 5.74) is 17.7. The van der Waals surface area contributed by atoms with Crippen LogP contribution in [0.5, 0.6) is 0 Å². The minimum Gasteiger partial charge on any atom is -0.384 e. The molecule has 148 valence electrons. The highest BCUT2D eigenvalue weighted by atomic mass is 35.5. The molecule has 5 nitrogen and oxygen atoms in total. The molecule has 0 spiro atoms. The molecule has 1 heterocycles. The summed E-state index contributed by atoms with van der Waals surface area (Å²) in [6.45, 7) is 0. The zero-order valence-corrected chi connectivity index (χ0v) is 17.0. The Labute approximate surface area is 181 Å². The number of hydrogen-bond donors (Lipinski definition) is 5. The fourth-order valence-electron chi connectivity index (χ4n) is 3.30. The summed E-state index contributed by atoms with van der Waals surface area (Å²) >= 11 is 0. The molecule has 0 radical (unpaired) electrons. The van der Waals surface area contributed by atoms with Crippen LogP contribution in [0.1, 0.15) is 11.1 Å². The van der Waals surface area contributed by atoms with E-state index < -0.39 is 0 Å². The lowest BCUT2D eigenvalue weighted by atomic mass is 9.97. The number of fused-ring (bicyclic) bond motifs is 1. The molecule has 0 aliphatic carbocycles. The Morgan fingerprint density at radius 3 is 1.86 bits per heavy atom. The van der Waals surface area contributed by atoms with E-state index in [0.717, 1.165) is 33.3 Å². The molecule has 3 aromatic carbocycles. The number of rotatable bonds is 4. The maximum absolute atomic E-state index is 7.69. The Morgan fingerprint density at radius 1 is 0.690 bits per heavy atom. The van der Waals surface area contributed by atoms with Crippen molar-refractivity contribution in [1.82, 2.24) is 4.98 Å². The zero-order chi connectivity index (χ0) is 19.0. The van der Waals surface area contributed by atoms with Gasteiger partial charge in [0.25, 0.3) is 0 Å². The maximum Gasteiger partial charge on any atom is 0.122 e. The van der Waals surface area contributed by atoms with Crippen molar-refractivity contribution in [2.45, 2.75) is 0 Å². The Kier molecular flexibility index (Phi) is 6.69. The van der Waals surface area contributed by atoms with Crippen molar-refractivity contribution >= 4 is 47.4 Å². The van der Waals surface area contributed by atoms with Crippen molar-refractivity contribution in [2.75, 3.05) is 0 Å². The molecule has 0 bridgehead atoms. The zero-order valence-electron chi connectivity index (χ0n) is 15.4. The maximum atomic E-state index is 7.69. The molecule has 0 saturated carbocycles. The third-order valence-corrected chi connectivity index (χ3v) is 4.66. The number of halogens is 2. The molecule has 0 atom stereocenters. The molecule has 1 aromatic heterocycles. The highest BCUT2D eigenvalue weighted by molar-refractivity contribution is 6.07. The Bertz CT molecular complexity index is 1170. The van der Waals surface area contributed by atoms with Gasteiger partial charge in [-0.25, -0.2) is 0 Å². The summed E-state index contributed by atoms with van der Waals surface area (Å²) in [4.78, 5) is 3.49. The fourth-order valence-corrected chi connectivity index (χ4v) is 3.30. The SMILES string of the molecule is Cl.Cl.N=C(N)c1ccc(-c2[nH]c3cc(C(=N)N)ccc3c2-c2ccccc2)cc1. The van der Waals surface area contributed by atoms with Gasteiger partial charge in [-0.3, -0.25) is 10.8 Å².